The van der Waals surface area contributed by atoms with Gasteiger partial charge in [-0.25, -0.2) is 18.2 Å². The number of ether oxygens (including phenoxy) is 3. The van der Waals surface area contributed by atoms with Gasteiger partial charge in [0, 0.05) is 23.1 Å². The molecule has 4 amide bonds. The van der Waals surface area contributed by atoms with E-state index in [9.17, 15) is 40.8 Å². The SMILES string of the molecule is CCOc1cnc(O[C@@H]2C[C@H]3C(=O)NC4(C(=O)NS(=O)(=O)C5(C)CC5)C[C@H]4/C=C\[C@H](C)CCC[C@@H](C)[C@H](NC(=O)OC(C)(C)C(F)(F)F)C(=O)N3C2)c2ccccc12. The number of halogens is 3. The lowest BCUT2D eigenvalue weighted by atomic mass is 9.92. The molecule has 2 aliphatic heterocycles. The van der Waals surface area contributed by atoms with Crippen LogP contribution in [-0.2, 0) is 29.1 Å². The molecule has 18 heteroatoms. The van der Waals surface area contributed by atoms with Crippen molar-refractivity contribution in [3.05, 3.63) is 42.6 Å². The third-order valence-electron chi connectivity index (χ3n) is 11.9. The van der Waals surface area contributed by atoms with Crippen LogP contribution in [0.1, 0.15) is 86.5 Å². The lowest BCUT2D eigenvalue weighted by molar-refractivity contribution is -0.244. The van der Waals surface area contributed by atoms with Crippen LogP contribution in [0.2, 0.25) is 0 Å². The van der Waals surface area contributed by atoms with E-state index < -0.39 is 85.9 Å². The van der Waals surface area contributed by atoms with Crippen molar-refractivity contribution in [2.45, 2.75) is 127 Å². The fourth-order valence-electron chi connectivity index (χ4n) is 7.52. The fourth-order valence-corrected chi connectivity index (χ4v) is 8.84. The third-order valence-corrected chi connectivity index (χ3v) is 14.0. The second-order valence-electron chi connectivity index (χ2n) is 16.8. The Balaban J connectivity index is 1.35. The number of carbonyl (C=O) groups is 4. The van der Waals surface area contributed by atoms with E-state index in [0.29, 0.717) is 69.1 Å². The van der Waals surface area contributed by atoms with E-state index in [4.69, 9.17) is 14.2 Å². The van der Waals surface area contributed by atoms with Crippen LogP contribution in [0.25, 0.3) is 10.8 Å². The van der Waals surface area contributed by atoms with Crippen molar-refractivity contribution in [2.75, 3.05) is 13.2 Å². The molecule has 1 unspecified atom stereocenters. The number of fused-ring (bicyclic) bond motifs is 3. The summed E-state index contributed by atoms with van der Waals surface area (Å²) in [5.74, 6) is -2.95. The molecule has 0 bridgehead atoms. The maximum atomic E-state index is 14.7. The van der Waals surface area contributed by atoms with Gasteiger partial charge in [0.2, 0.25) is 33.3 Å². The molecule has 3 heterocycles. The number of hydrogen-bond donors (Lipinski definition) is 3. The van der Waals surface area contributed by atoms with Gasteiger partial charge in [0.1, 0.15) is 29.5 Å². The number of aromatic nitrogens is 1. The van der Waals surface area contributed by atoms with Crippen LogP contribution in [0.3, 0.4) is 0 Å². The topological polar surface area (TPSA) is 182 Å². The van der Waals surface area contributed by atoms with Gasteiger partial charge in [-0.2, -0.15) is 13.2 Å². The van der Waals surface area contributed by atoms with Gasteiger partial charge < -0.3 is 29.7 Å². The van der Waals surface area contributed by atoms with Gasteiger partial charge >= 0.3 is 12.3 Å². The van der Waals surface area contributed by atoms with Crippen LogP contribution >= 0.6 is 0 Å². The van der Waals surface area contributed by atoms with E-state index in [1.54, 1.807) is 25.1 Å². The number of carbonyl (C=O) groups excluding carboxylic acids is 4. The Morgan fingerprint density at radius 2 is 1.76 bits per heavy atom. The minimum Gasteiger partial charge on any atom is -0.492 e. The molecule has 3 N–H and O–H groups in total. The number of allylic oxidation sites excluding steroid dienone is 1. The van der Waals surface area contributed by atoms with E-state index >= 15 is 0 Å². The summed E-state index contributed by atoms with van der Waals surface area (Å²) in [6.45, 7) is 8.56. The molecule has 1 aromatic carbocycles. The molecule has 58 heavy (non-hydrogen) atoms. The van der Waals surface area contributed by atoms with Gasteiger partial charge in [0.15, 0.2) is 0 Å². The van der Waals surface area contributed by atoms with Crippen LogP contribution in [0.5, 0.6) is 11.6 Å². The highest BCUT2D eigenvalue weighted by atomic mass is 32.2. The average Bonchev–Trinajstić information content (AvgIpc) is 4.03. The standard InChI is InChI=1S/C40H52F3N5O9S/c1-7-55-30-21-44-33(28-14-9-8-13-27(28)30)56-26-19-29-32(49)46-39(35(51)47-58(53,54)38(6)17-18-38)20-25(39)16-15-23(2)11-10-12-24(3)31(34(50)48(29)22-26)45-36(52)57-37(4,5)40(41,42)43/h8-9,13-16,21,23-26,29,31H,7,10-12,17-20,22H2,1-6H3,(H,45,52)(H,46,49)(H,47,51)/b16-15-/t23-,24-,25-,26-,29+,31+,39?/m1/s1. The molecule has 7 atom stereocenters. The number of rotatable bonds is 9. The Hall–Kier alpha value is -4.61. The van der Waals surface area contributed by atoms with Gasteiger partial charge in [0.05, 0.1) is 24.1 Å². The number of alkyl halides is 3. The van der Waals surface area contributed by atoms with Crippen molar-refractivity contribution in [3.63, 3.8) is 0 Å². The van der Waals surface area contributed by atoms with Crippen LogP contribution in [0, 0.1) is 17.8 Å². The maximum absolute atomic E-state index is 14.7. The second kappa shape index (κ2) is 15.9. The lowest BCUT2D eigenvalue weighted by Crippen LogP contribution is -2.59. The highest BCUT2D eigenvalue weighted by Gasteiger charge is 2.63. The Morgan fingerprint density at radius 3 is 2.41 bits per heavy atom. The van der Waals surface area contributed by atoms with E-state index in [0.717, 1.165) is 0 Å². The summed E-state index contributed by atoms with van der Waals surface area (Å²) in [4.78, 5) is 61.9. The maximum Gasteiger partial charge on any atom is 0.427 e. The van der Waals surface area contributed by atoms with Gasteiger partial charge in [0.25, 0.3) is 5.91 Å². The molecule has 1 saturated heterocycles. The highest BCUT2D eigenvalue weighted by molar-refractivity contribution is 7.91. The van der Waals surface area contributed by atoms with Crippen LogP contribution in [0.4, 0.5) is 18.0 Å². The van der Waals surface area contributed by atoms with E-state index in [1.165, 1.54) is 18.0 Å². The second-order valence-corrected chi connectivity index (χ2v) is 19.0. The quantitative estimate of drug-likeness (QED) is 0.281. The smallest absolute Gasteiger partial charge is 0.427 e. The van der Waals surface area contributed by atoms with Crippen molar-refractivity contribution in [1.82, 2.24) is 25.2 Å². The number of benzene rings is 1. The number of hydrogen-bond acceptors (Lipinski definition) is 10. The largest absolute Gasteiger partial charge is 0.492 e. The summed E-state index contributed by atoms with van der Waals surface area (Å²) < 4.78 is 85.6. The Kier molecular flexibility index (Phi) is 11.8. The highest BCUT2D eigenvalue weighted by Crippen LogP contribution is 2.48. The van der Waals surface area contributed by atoms with E-state index in [2.05, 4.69) is 20.3 Å². The molecule has 2 aliphatic carbocycles. The van der Waals surface area contributed by atoms with Crippen LogP contribution in [0.15, 0.2) is 42.6 Å². The first-order chi connectivity index (χ1) is 27.1. The molecular weight excluding hydrogens is 784 g/mol. The summed E-state index contributed by atoms with van der Waals surface area (Å²) in [5, 5.41) is 6.48. The summed E-state index contributed by atoms with van der Waals surface area (Å²) in [6, 6.07) is 4.47. The van der Waals surface area contributed by atoms with Gasteiger partial charge in [-0.3, -0.25) is 19.1 Å². The minimum absolute atomic E-state index is 0.0310. The first-order valence-corrected chi connectivity index (χ1v) is 21.2. The van der Waals surface area contributed by atoms with Crippen molar-refractivity contribution < 1.29 is 55.0 Å². The summed E-state index contributed by atoms with van der Waals surface area (Å²) in [5.41, 5.74) is -4.53. The van der Waals surface area contributed by atoms with Gasteiger partial charge in [-0.05, 0) is 77.7 Å². The predicted molar refractivity (Wildman–Crippen MR) is 206 cm³/mol. The van der Waals surface area contributed by atoms with Crippen molar-refractivity contribution >= 4 is 44.6 Å². The Morgan fingerprint density at radius 1 is 1.07 bits per heavy atom. The number of alkyl carbamates (subject to hydrolysis) is 1. The zero-order chi connectivity index (χ0) is 42.4. The van der Waals surface area contributed by atoms with Crippen molar-refractivity contribution in [2.24, 2.45) is 17.8 Å². The van der Waals surface area contributed by atoms with E-state index in [1.807, 2.05) is 32.1 Å². The summed E-state index contributed by atoms with van der Waals surface area (Å²) >= 11 is 0. The molecule has 6 rings (SSSR count). The molecule has 4 aliphatic rings. The number of nitrogens with one attached hydrogen (secondary N) is 3. The molecule has 0 spiro atoms. The zero-order valence-electron chi connectivity index (χ0n) is 33.5. The van der Waals surface area contributed by atoms with Gasteiger partial charge in [-0.15, -0.1) is 0 Å². The molecule has 2 aromatic rings. The van der Waals surface area contributed by atoms with Gasteiger partial charge in [-0.1, -0.05) is 50.6 Å². The Labute approximate surface area is 336 Å². The van der Waals surface area contributed by atoms with Crippen LogP contribution in [-0.4, -0.2) is 95.5 Å². The molecule has 0 radical (unpaired) electrons. The molecular formula is C40H52F3N5O9S. The summed E-state index contributed by atoms with van der Waals surface area (Å²) in [7, 11) is -4.08. The summed E-state index contributed by atoms with van der Waals surface area (Å²) in [6.07, 6.45) is 0.235. The number of nitrogens with zero attached hydrogens (tertiary/aromatic N) is 2. The third kappa shape index (κ3) is 8.71. The molecule has 14 nitrogen and oxygen atoms in total. The number of amides is 4. The lowest BCUT2D eigenvalue weighted by Gasteiger charge is -2.33. The minimum atomic E-state index is -4.91. The normalized spacial score (nSPS) is 29.4. The number of pyridine rings is 1. The first kappa shape index (κ1) is 43.0. The zero-order valence-corrected chi connectivity index (χ0v) is 34.3. The van der Waals surface area contributed by atoms with Crippen LogP contribution < -0.4 is 24.8 Å². The fraction of sp³-hybridized carbons (Fsp3) is 0.625. The molecule has 318 valence electrons. The van der Waals surface area contributed by atoms with E-state index in [-0.39, 0.29) is 31.2 Å². The van der Waals surface area contributed by atoms with Crippen molar-refractivity contribution in [3.8, 4) is 11.6 Å². The number of sulfonamides is 1. The Bertz CT molecular complexity index is 2070. The first-order valence-electron chi connectivity index (χ1n) is 19.7. The molecule has 1 aromatic heterocycles. The predicted octanol–water partition coefficient (Wildman–Crippen LogP) is 5.30. The molecule has 2 saturated carbocycles. The monoisotopic (exact) mass is 835 g/mol. The molecule has 3 fully saturated rings. The van der Waals surface area contributed by atoms with Crippen molar-refractivity contribution in [1.29, 1.82) is 0 Å². The average molecular weight is 836 g/mol.